The van der Waals surface area contributed by atoms with Gasteiger partial charge in [0.15, 0.2) is 6.61 Å². The predicted molar refractivity (Wildman–Crippen MR) is 110 cm³/mol. The Hall–Kier alpha value is -3.16. The monoisotopic (exact) mass is 401 g/mol. The van der Waals surface area contributed by atoms with Crippen molar-refractivity contribution in [3.05, 3.63) is 35.9 Å². The van der Waals surface area contributed by atoms with E-state index in [9.17, 15) is 14.4 Å². The van der Waals surface area contributed by atoms with Crippen LogP contribution in [-0.4, -0.2) is 56.7 Å². The molecular formula is C21H27N3O5. The zero-order chi connectivity index (χ0) is 21.6. The van der Waals surface area contributed by atoms with Gasteiger partial charge in [0.25, 0.3) is 5.91 Å². The molecule has 0 fully saturated rings. The van der Waals surface area contributed by atoms with Crippen LogP contribution in [0.1, 0.15) is 30.6 Å². The minimum atomic E-state index is -0.784. The lowest BCUT2D eigenvalue weighted by atomic mass is 10.0. The molecule has 0 radical (unpaired) electrons. The molecule has 0 saturated carbocycles. The van der Waals surface area contributed by atoms with Crippen molar-refractivity contribution in [2.24, 2.45) is 5.92 Å². The standard InChI is InChI=1S/C21H27N3O5/c1-13(2)10-17(21(27)28-5)23-19(25)12-29-20(26)15-11-18(24(3)4)22-16-9-7-6-8-14(15)16/h6-9,11,13,17H,10,12H2,1-5H3,(H,23,25). The molecule has 1 unspecified atom stereocenters. The van der Waals surface area contributed by atoms with E-state index in [0.717, 1.165) is 0 Å². The molecule has 0 aliphatic rings. The van der Waals surface area contributed by atoms with Gasteiger partial charge in [-0.15, -0.1) is 0 Å². The van der Waals surface area contributed by atoms with Gasteiger partial charge >= 0.3 is 11.9 Å². The number of para-hydroxylation sites is 1. The minimum absolute atomic E-state index is 0.176. The average Bonchev–Trinajstić information content (AvgIpc) is 2.69. The number of nitrogens with zero attached hydrogens (tertiary/aromatic N) is 2. The van der Waals surface area contributed by atoms with Gasteiger partial charge in [-0.05, 0) is 24.5 Å². The summed E-state index contributed by atoms with van der Waals surface area (Å²) in [6.45, 7) is 3.36. The highest BCUT2D eigenvalue weighted by Gasteiger charge is 2.23. The number of amides is 1. The van der Waals surface area contributed by atoms with Gasteiger partial charge in [0.05, 0.1) is 18.2 Å². The second-order valence-corrected chi connectivity index (χ2v) is 7.29. The van der Waals surface area contributed by atoms with Gasteiger partial charge in [0.1, 0.15) is 11.9 Å². The fourth-order valence-corrected chi connectivity index (χ4v) is 2.83. The molecule has 1 N–H and O–H groups in total. The van der Waals surface area contributed by atoms with Gasteiger partial charge in [-0.25, -0.2) is 14.6 Å². The molecule has 8 heteroatoms. The van der Waals surface area contributed by atoms with E-state index in [4.69, 9.17) is 9.47 Å². The summed E-state index contributed by atoms with van der Waals surface area (Å²) in [5, 5.41) is 3.20. The van der Waals surface area contributed by atoms with Crippen LogP contribution in [0.3, 0.4) is 0 Å². The van der Waals surface area contributed by atoms with E-state index in [2.05, 4.69) is 10.3 Å². The summed E-state index contributed by atoms with van der Waals surface area (Å²) in [7, 11) is 4.90. The first kappa shape index (κ1) is 22.1. The third-order valence-electron chi connectivity index (χ3n) is 4.24. The van der Waals surface area contributed by atoms with Crippen LogP contribution < -0.4 is 10.2 Å². The first-order valence-corrected chi connectivity index (χ1v) is 9.34. The lowest BCUT2D eigenvalue weighted by Gasteiger charge is -2.18. The van der Waals surface area contributed by atoms with Crippen LogP contribution in [0.25, 0.3) is 10.9 Å². The number of carbonyl (C=O) groups is 3. The highest BCUT2D eigenvalue weighted by atomic mass is 16.5. The topological polar surface area (TPSA) is 97.8 Å². The van der Waals surface area contributed by atoms with Crippen LogP contribution in [0.4, 0.5) is 5.82 Å². The normalized spacial score (nSPS) is 11.8. The number of methoxy groups -OCH3 is 1. The third-order valence-corrected chi connectivity index (χ3v) is 4.24. The van der Waals surface area contributed by atoms with Gasteiger partial charge in [-0.3, -0.25) is 4.79 Å². The van der Waals surface area contributed by atoms with Crippen LogP contribution in [-0.2, 0) is 19.1 Å². The number of fused-ring (bicyclic) bond motifs is 1. The second kappa shape index (κ2) is 9.86. The fourth-order valence-electron chi connectivity index (χ4n) is 2.83. The average molecular weight is 401 g/mol. The third kappa shape index (κ3) is 5.91. The summed E-state index contributed by atoms with van der Waals surface area (Å²) >= 11 is 0. The van der Waals surface area contributed by atoms with E-state index in [-0.39, 0.29) is 5.92 Å². The summed E-state index contributed by atoms with van der Waals surface area (Å²) in [6, 6.07) is 8.05. The molecule has 1 amide bonds. The minimum Gasteiger partial charge on any atom is -0.467 e. The van der Waals surface area contributed by atoms with Crippen molar-refractivity contribution in [3.8, 4) is 0 Å². The van der Waals surface area contributed by atoms with Crippen LogP contribution in [0.15, 0.2) is 30.3 Å². The van der Waals surface area contributed by atoms with Crippen molar-refractivity contribution >= 4 is 34.6 Å². The Bertz CT molecular complexity index is 895. The summed E-state index contributed by atoms with van der Waals surface area (Å²) in [5.74, 6) is -0.965. The van der Waals surface area contributed by atoms with Gasteiger partial charge in [-0.2, -0.15) is 0 Å². The molecular weight excluding hydrogens is 374 g/mol. The number of pyridine rings is 1. The smallest absolute Gasteiger partial charge is 0.339 e. The SMILES string of the molecule is COC(=O)C(CC(C)C)NC(=O)COC(=O)c1cc(N(C)C)nc2ccccc12. The Morgan fingerprint density at radius 2 is 1.86 bits per heavy atom. The van der Waals surface area contributed by atoms with Crippen molar-refractivity contribution in [3.63, 3.8) is 0 Å². The molecule has 8 nitrogen and oxygen atoms in total. The van der Waals surface area contributed by atoms with Gasteiger partial charge in [0.2, 0.25) is 0 Å². The lowest BCUT2D eigenvalue weighted by molar-refractivity contribution is -0.145. The first-order chi connectivity index (χ1) is 13.7. The van der Waals surface area contributed by atoms with E-state index in [1.54, 1.807) is 29.2 Å². The zero-order valence-corrected chi connectivity index (χ0v) is 17.4. The molecule has 1 aromatic carbocycles. The number of carbonyl (C=O) groups excluding carboxylic acids is 3. The number of esters is 2. The van der Waals surface area contributed by atoms with Crippen LogP contribution in [0.2, 0.25) is 0 Å². The van der Waals surface area contributed by atoms with Gasteiger partial charge in [0, 0.05) is 19.5 Å². The maximum Gasteiger partial charge on any atom is 0.339 e. The molecule has 0 bridgehead atoms. The Labute approximate surface area is 170 Å². The predicted octanol–water partition coefficient (Wildman–Crippen LogP) is 2.16. The van der Waals surface area contributed by atoms with E-state index < -0.39 is 30.5 Å². The largest absolute Gasteiger partial charge is 0.467 e. The Kier molecular flexibility index (Phi) is 7.52. The molecule has 29 heavy (non-hydrogen) atoms. The number of benzene rings is 1. The van der Waals surface area contributed by atoms with E-state index in [1.165, 1.54) is 7.11 Å². The number of hydrogen-bond donors (Lipinski definition) is 1. The van der Waals surface area contributed by atoms with Crippen molar-refractivity contribution in [2.75, 3.05) is 32.7 Å². The van der Waals surface area contributed by atoms with Crippen LogP contribution >= 0.6 is 0 Å². The van der Waals surface area contributed by atoms with E-state index in [1.807, 2.05) is 34.0 Å². The quantitative estimate of drug-likeness (QED) is 0.677. The fraction of sp³-hybridized carbons (Fsp3) is 0.429. The molecule has 156 valence electrons. The molecule has 0 aliphatic heterocycles. The van der Waals surface area contributed by atoms with Crippen molar-refractivity contribution in [2.45, 2.75) is 26.3 Å². The zero-order valence-electron chi connectivity index (χ0n) is 17.4. The maximum atomic E-state index is 12.7. The number of nitrogens with one attached hydrogen (secondary N) is 1. The Morgan fingerprint density at radius 1 is 1.17 bits per heavy atom. The Morgan fingerprint density at radius 3 is 2.48 bits per heavy atom. The second-order valence-electron chi connectivity index (χ2n) is 7.29. The van der Waals surface area contributed by atoms with Crippen LogP contribution in [0.5, 0.6) is 0 Å². The summed E-state index contributed by atoms with van der Waals surface area (Å²) in [5.41, 5.74) is 0.969. The van der Waals surface area contributed by atoms with Crippen molar-refractivity contribution in [1.82, 2.24) is 10.3 Å². The van der Waals surface area contributed by atoms with Gasteiger partial charge < -0.3 is 19.7 Å². The molecule has 2 rings (SSSR count). The van der Waals surface area contributed by atoms with Gasteiger partial charge in [-0.1, -0.05) is 32.0 Å². The highest BCUT2D eigenvalue weighted by molar-refractivity contribution is 6.05. The molecule has 0 aliphatic carbocycles. The Balaban J connectivity index is 2.12. The number of anilines is 1. The molecule has 1 heterocycles. The molecule has 2 aromatic rings. The molecule has 1 atom stereocenters. The maximum absolute atomic E-state index is 12.7. The number of hydrogen-bond acceptors (Lipinski definition) is 7. The number of rotatable bonds is 8. The summed E-state index contributed by atoms with van der Waals surface area (Å²) in [4.78, 5) is 43.0. The summed E-state index contributed by atoms with van der Waals surface area (Å²) in [6.07, 6.45) is 0.424. The lowest BCUT2D eigenvalue weighted by Crippen LogP contribution is -2.44. The van der Waals surface area contributed by atoms with Crippen molar-refractivity contribution in [1.29, 1.82) is 0 Å². The number of ether oxygens (including phenoxy) is 2. The molecule has 0 saturated heterocycles. The molecule has 0 spiro atoms. The van der Waals surface area contributed by atoms with E-state index in [0.29, 0.717) is 28.7 Å². The van der Waals surface area contributed by atoms with Crippen LogP contribution in [0, 0.1) is 5.92 Å². The first-order valence-electron chi connectivity index (χ1n) is 9.34. The van der Waals surface area contributed by atoms with Crippen molar-refractivity contribution < 1.29 is 23.9 Å². The highest BCUT2D eigenvalue weighted by Crippen LogP contribution is 2.22. The molecule has 1 aromatic heterocycles. The number of aromatic nitrogens is 1. The van der Waals surface area contributed by atoms with E-state index >= 15 is 0 Å². The summed E-state index contributed by atoms with van der Waals surface area (Å²) < 4.78 is 9.92.